The summed E-state index contributed by atoms with van der Waals surface area (Å²) in [5.41, 5.74) is -0.883. The van der Waals surface area contributed by atoms with Crippen LogP contribution in [0.5, 0.6) is 23.0 Å². The van der Waals surface area contributed by atoms with Crippen LogP contribution in [0.25, 0.3) is 11.0 Å². The third-order valence-corrected chi connectivity index (χ3v) is 4.88. The molecule has 1 unspecified atom stereocenters. The first-order chi connectivity index (χ1) is 16.9. The molecule has 0 radical (unpaired) electrons. The largest absolute Gasteiger partial charge is 0.497 e. The van der Waals surface area contributed by atoms with E-state index in [2.05, 4.69) is 5.32 Å². The molecule has 9 heteroatoms. The lowest BCUT2D eigenvalue weighted by molar-refractivity contribution is -0.137. The van der Waals surface area contributed by atoms with Gasteiger partial charge in [0.15, 0.2) is 0 Å². The Labute approximate surface area is 209 Å². The van der Waals surface area contributed by atoms with Gasteiger partial charge in [-0.2, -0.15) is 0 Å². The highest BCUT2D eigenvalue weighted by Crippen LogP contribution is 2.26. The van der Waals surface area contributed by atoms with Gasteiger partial charge in [0, 0.05) is 12.1 Å². The van der Waals surface area contributed by atoms with E-state index in [1.807, 2.05) is 13.8 Å². The highest BCUT2D eigenvalue weighted by Gasteiger charge is 2.27. The summed E-state index contributed by atoms with van der Waals surface area (Å²) in [6.07, 6.45) is 0.839. The summed E-state index contributed by atoms with van der Waals surface area (Å²) in [5.74, 6) is 0.613. The van der Waals surface area contributed by atoms with Crippen LogP contribution in [0.2, 0.25) is 0 Å². The van der Waals surface area contributed by atoms with Gasteiger partial charge in [0.05, 0.1) is 12.5 Å². The van der Waals surface area contributed by atoms with Gasteiger partial charge in [-0.15, -0.1) is 0 Å². The van der Waals surface area contributed by atoms with Crippen molar-refractivity contribution in [1.29, 1.82) is 0 Å². The summed E-state index contributed by atoms with van der Waals surface area (Å²) in [7, 11) is 1.53. The van der Waals surface area contributed by atoms with Gasteiger partial charge in [0.1, 0.15) is 40.7 Å². The van der Waals surface area contributed by atoms with E-state index < -0.39 is 23.7 Å². The molecule has 0 saturated carbocycles. The van der Waals surface area contributed by atoms with Crippen LogP contribution >= 0.6 is 0 Å². The molecule has 0 aliphatic carbocycles. The number of hydrogen-bond acceptors (Lipinski definition) is 8. The van der Waals surface area contributed by atoms with Crippen LogP contribution in [0, 0.1) is 5.92 Å². The van der Waals surface area contributed by atoms with Gasteiger partial charge >= 0.3 is 12.1 Å². The van der Waals surface area contributed by atoms with Gasteiger partial charge in [-0.1, -0.05) is 19.9 Å². The summed E-state index contributed by atoms with van der Waals surface area (Å²) < 4.78 is 27.2. The molecule has 0 aliphatic heterocycles. The van der Waals surface area contributed by atoms with Gasteiger partial charge in [-0.05, 0) is 57.4 Å². The lowest BCUT2D eigenvalue weighted by Crippen LogP contribution is -2.45. The second-order valence-corrected chi connectivity index (χ2v) is 9.62. The number of carbonyl (C=O) groups is 2. The fraction of sp³-hybridized carbons (Fsp3) is 0.370. The second-order valence-electron chi connectivity index (χ2n) is 9.62. The number of rotatable bonds is 8. The molecule has 1 aromatic heterocycles. The first kappa shape index (κ1) is 26.6. The van der Waals surface area contributed by atoms with Crippen molar-refractivity contribution in [1.82, 2.24) is 5.32 Å². The van der Waals surface area contributed by atoms with Crippen LogP contribution in [0.15, 0.2) is 57.9 Å². The van der Waals surface area contributed by atoms with Crippen LogP contribution in [0.4, 0.5) is 4.79 Å². The Balaban J connectivity index is 1.77. The van der Waals surface area contributed by atoms with Gasteiger partial charge in [-0.3, -0.25) is 4.79 Å². The quantitative estimate of drug-likeness (QED) is 0.323. The number of fused-ring (bicyclic) bond motifs is 1. The third kappa shape index (κ3) is 7.24. The first-order valence-electron chi connectivity index (χ1n) is 11.5. The van der Waals surface area contributed by atoms with Crippen molar-refractivity contribution in [3.05, 3.63) is 59.0 Å². The Bertz CT molecular complexity index is 1290. The number of carbonyl (C=O) groups excluding carboxylic acids is 2. The van der Waals surface area contributed by atoms with E-state index in [4.69, 9.17) is 23.4 Å². The molecule has 0 aliphatic rings. The molecule has 2 aromatic carbocycles. The highest BCUT2D eigenvalue weighted by molar-refractivity contribution is 5.84. The predicted molar refractivity (Wildman–Crippen MR) is 134 cm³/mol. The van der Waals surface area contributed by atoms with Gasteiger partial charge in [0.25, 0.3) is 0 Å². The Morgan fingerprint density at radius 3 is 2.42 bits per heavy atom. The molecule has 0 saturated heterocycles. The molecule has 1 N–H and O–H groups in total. The van der Waals surface area contributed by atoms with Gasteiger partial charge < -0.3 is 28.7 Å². The number of nitrogens with one attached hydrogen (secondary N) is 1. The van der Waals surface area contributed by atoms with E-state index >= 15 is 0 Å². The lowest BCUT2D eigenvalue weighted by Gasteiger charge is -2.23. The molecule has 1 atom stereocenters. The summed E-state index contributed by atoms with van der Waals surface area (Å²) in [5, 5.41) is 2.83. The number of alkyl carbamates (subject to hydrolysis) is 1. The van der Waals surface area contributed by atoms with Crippen LogP contribution in [-0.4, -0.2) is 30.8 Å². The van der Waals surface area contributed by atoms with Crippen LogP contribution < -0.4 is 25.0 Å². The summed E-state index contributed by atoms with van der Waals surface area (Å²) in [6, 6.07) is 10.3. The summed E-state index contributed by atoms with van der Waals surface area (Å²) in [4.78, 5) is 38.0. The number of hydrogen-bond donors (Lipinski definition) is 1. The zero-order chi connectivity index (χ0) is 26.5. The fourth-order valence-electron chi connectivity index (χ4n) is 3.34. The maximum absolute atomic E-state index is 12.9. The molecule has 3 rings (SSSR count). The number of esters is 1. The highest BCUT2D eigenvalue weighted by atomic mass is 16.6. The number of ether oxygens (including phenoxy) is 4. The minimum absolute atomic E-state index is 0.000874. The van der Waals surface area contributed by atoms with Gasteiger partial charge in [0.2, 0.25) is 11.2 Å². The number of amides is 1. The molecule has 192 valence electrons. The Morgan fingerprint density at radius 1 is 1.03 bits per heavy atom. The smallest absolute Gasteiger partial charge is 0.408 e. The van der Waals surface area contributed by atoms with Crippen molar-refractivity contribution >= 4 is 23.0 Å². The van der Waals surface area contributed by atoms with Crippen molar-refractivity contribution in [2.75, 3.05) is 7.11 Å². The Kier molecular flexibility index (Phi) is 8.24. The molecule has 1 heterocycles. The SMILES string of the molecule is COc1cccc(Oc2coc3cc(OC(=O)C(CC(C)C)NC(=O)OC(C)(C)C)ccc3c2=O)c1. The molecular formula is C27H31NO8. The maximum Gasteiger partial charge on any atom is 0.408 e. The number of methoxy groups -OCH3 is 1. The Morgan fingerprint density at radius 2 is 1.75 bits per heavy atom. The average molecular weight is 498 g/mol. The standard InChI is InChI=1S/C27H31NO8/c1-16(2)12-21(28-26(31)36-27(3,4)5)25(30)35-19-10-11-20-22(14-19)33-15-23(24(20)29)34-18-9-7-8-17(13-18)32-6/h7-11,13-16,21H,12H2,1-6H3,(H,28,31). The number of benzene rings is 2. The van der Waals surface area contributed by atoms with E-state index in [1.165, 1.54) is 31.6 Å². The maximum atomic E-state index is 12.9. The molecule has 1 amide bonds. The molecule has 0 fully saturated rings. The first-order valence-corrected chi connectivity index (χ1v) is 11.5. The molecule has 36 heavy (non-hydrogen) atoms. The van der Waals surface area contributed by atoms with E-state index in [1.54, 1.807) is 45.0 Å². The van der Waals surface area contributed by atoms with E-state index in [9.17, 15) is 14.4 Å². The van der Waals surface area contributed by atoms with Crippen LogP contribution in [0.1, 0.15) is 41.0 Å². The van der Waals surface area contributed by atoms with E-state index in [0.717, 1.165) is 0 Å². The second kappa shape index (κ2) is 11.2. The average Bonchev–Trinajstić information content (AvgIpc) is 2.79. The fourth-order valence-corrected chi connectivity index (χ4v) is 3.34. The van der Waals surface area contributed by atoms with Crippen molar-refractivity contribution < 1.29 is 33.0 Å². The minimum Gasteiger partial charge on any atom is -0.497 e. The monoisotopic (exact) mass is 497 g/mol. The summed E-state index contributed by atoms with van der Waals surface area (Å²) in [6.45, 7) is 9.05. The predicted octanol–water partition coefficient (Wildman–Crippen LogP) is 5.44. The van der Waals surface area contributed by atoms with Crippen molar-refractivity contribution in [3.8, 4) is 23.0 Å². The topological polar surface area (TPSA) is 113 Å². The van der Waals surface area contributed by atoms with Crippen LogP contribution in [0.3, 0.4) is 0 Å². The van der Waals surface area contributed by atoms with Crippen molar-refractivity contribution in [3.63, 3.8) is 0 Å². The van der Waals surface area contributed by atoms with Crippen LogP contribution in [-0.2, 0) is 9.53 Å². The van der Waals surface area contributed by atoms with Gasteiger partial charge in [-0.25, -0.2) is 9.59 Å². The van der Waals surface area contributed by atoms with Crippen molar-refractivity contribution in [2.24, 2.45) is 5.92 Å². The van der Waals surface area contributed by atoms with E-state index in [-0.39, 0.29) is 33.8 Å². The normalized spacial score (nSPS) is 12.2. The molecule has 0 spiro atoms. The zero-order valence-electron chi connectivity index (χ0n) is 21.2. The van der Waals surface area contributed by atoms with E-state index in [0.29, 0.717) is 17.9 Å². The minimum atomic E-state index is -0.916. The third-order valence-electron chi connectivity index (χ3n) is 4.88. The molecular weight excluding hydrogens is 466 g/mol. The van der Waals surface area contributed by atoms with Crippen molar-refractivity contribution in [2.45, 2.75) is 52.7 Å². The zero-order valence-corrected chi connectivity index (χ0v) is 21.2. The lowest BCUT2D eigenvalue weighted by atomic mass is 10.0. The molecule has 9 nitrogen and oxygen atoms in total. The Hall–Kier alpha value is -4.01. The molecule has 3 aromatic rings. The summed E-state index contributed by atoms with van der Waals surface area (Å²) >= 11 is 0. The molecule has 0 bridgehead atoms.